The lowest BCUT2D eigenvalue weighted by molar-refractivity contribution is -0.112. The highest BCUT2D eigenvalue weighted by atomic mass is 17.0. The Labute approximate surface area is 91.3 Å². The van der Waals surface area contributed by atoms with Crippen LogP contribution in [0.3, 0.4) is 0 Å². The SMILES string of the molecule is C1CCC(CC2CCCC34OC23O4)CC1. The highest BCUT2D eigenvalue weighted by Crippen LogP contribution is 2.77. The standard InChI is InChI=1S/C13H20O2/c1-2-5-10(6-3-1)9-11-7-4-8-12-13(11,14-12)15-12/h10-11H,1-9H2. The molecule has 2 aliphatic carbocycles. The van der Waals surface area contributed by atoms with Gasteiger partial charge in [-0.25, -0.2) is 0 Å². The monoisotopic (exact) mass is 208 g/mol. The molecule has 15 heavy (non-hydrogen) atoms. The number of hydrogen-bond acceptors (Lipinski definition) is 2. The third-order valence-corrected chi connectivity index (χ3v) is 5.02. The molecule has 2 heterocycles. The molecule has 0 bridgehead atoms. The van der Waals surface area contributed by atoms with Gasteiger partial charge in [0.05, 0.1) is 0 Å². The van der Waals surface area contributed by atoms with Gasteiger partial charge in [0.1, 0.15) is 0 Å². The molecule has 2 saturated carbocycles. The first-order valence-electron chi connectivity index (χ1n) is 6.75. The van der Waals surface area contributed by atoms with E-state index in [0.717, 1.165) is 18.3 Å². The predicted molar refractivity (Wildman–Crippen MR) is 56.2 cm³/mol. The lowest BCUT2D eigenvalue weighted by Gasteiger charge is -2.26. The number of rotatable bonds is 2. The molecule has 4 fully saturated rings. The second-order valence-electron chi connectivity index (χ2n) is 5.95. The normalized spacial score (nSPS) is 53.2. The Hall–Kier alpha value is -0.0800. The van der Waals surface area contributed by atoms with Gasteiger partial charge < -0.3 is 9.47 Å². The van der Waals surface area contributed by atoms with Crippen molar-refractivity contribution >= 4 is 0 Å². The zero-order chi connectivity index (χ0) is 9.93. The van der Waals surface area contributed by atoms with E-state index in [-0.39, 0.29) is 11.6 Å². The number of epoxide rings is 2. The van der Waals surface area contributed by atoms with Gasteiger partial charge in [0, 0.05) is 12.3 Å². The van der Waals surface area contributed by atoms with Crippen molar-refractivity contribution in [2.75, 3.05) is 0 Å². The van der Waals surface area contributed by atoms with E-state index in [2.05, 4.69) is 0 Å². The summed E-state index contributed by atoms with van der Waals surface area (Å²) in [6.07, 6.45) is 12.5. The summed E-state index contributed by atoms with van der Waals surface area (Å²) >= 11 is 0. The van der Waals surface area contributed by atoms with E-state index in [9.17, 15) is 0 Å². The zero-order valence-corrected chi connectivity index (χ0v) is 9.34. The molecule has 4 rings (SSSR count). The van der Waals surface area contributed by atoms with Crippen molar-refractivity contribution in [3.05, 3.63) is 0 Å². The lowest BCUT2D eigenvalue weighted by Crippen LogP contribution is -2.22. The lowest BCUT2D eigenvalue weighted by atomic mass is 9.77. The Bertz CT molecular complexity index is 274. The van der Waals surface area contributed by atoms with Crippen molar-refractivity contribution in [2.45, 2.75) is 69.4 Å². The average molecular weight is 208 g/mol. The van der Waals surface area contributed by atoms with Crippen LogP contribution in [-0.4, -0.2) is 11.6 Å². The van der Waals surface area contributed by atoms with Crippen molar-refractivity contribution in [1.82, 2.24) is 0 Å². The van der Waals surface area contributed by atoms with E-state index in [1.807, 2.05) is 0 Å². The van der Waals surface area contributed by atoms with Gasteiger partial charge in [-0.3, -0.25) is 0 Å². The minimum absolute atomic E-state index is 0.0371. The van der Waals surface area contributed by atoms with E-state index in [4.69, 9.17) is 9.47 Å². The number of ether oxygens (including phenoxy) is 2. The van der Waals surface area contributed by atoms with Gasteiger partial charge in [0.2, 0.25) is 11.6 Å². The summed E-state index contributed by atoms with van der Waals surface area (Å²) in [4.78, 5) is 0. The fourth-order valence-corrected chi connectivity index (χ4v) is 4.07. The van der Waals surface area contributed by atoms with Crippen LogP contribution in [0.15, 0.2) is 0 Å². The van der Waals surface area contributed by atoms with Crippen molar-refractivity contribution in [3.63, 3.8) is 0 Å². The Kier molecular flexibility index (Phi) is 1.67. The van der Waals surface area contributed by atoms with Gasteiger partial charge in [-0.1, -0.05) is 32.1 Å². The van der Waals surface area contributed by atoms with Gasteiger partial charge in [-0.05, 0) is 25.2 Å². The first-order chi connectivity index (χ1) is 7.35. The summed E-state index contributed by atoms with van der Waals surface area (Å²) in [6, 6.07) is 0. The highest BCUT2D eigenvalue weighted by Gasteiger charge is 2.93. The van der Waals surface area contributed by atoms with Crippen LogP contribution in [0.5, 0.6) is 0 Å². The van der Waals surface area contributed by atoms with Crippen LogP contribution in [-0.2, 0) is 9.47 Å². The van der Waals surface area contributed by atoms with Gasteiger partial charge in [0.15, 0.2) is 0 Å². The first-order valence-corrected chi connectivity index (χ1v) is 6.75. The highest BCUT2D eigenvalue weighted by molar-refractivity contribution is 5.22. The van der Waals surface area contributed by atoms with Crippen LogP contribution < -0.4 is 0 Å². The fraction of sp³-hybridized carbons (Fsp3) is 1.00. The Morgan fingerprint density at radius 2 is 1.73 bits per heavy atom. The molecule has 1 atom stereocenters. The molecule has 0 aromatic rings. The summed E-state index contributed by atoms with van der Waals surface area (Å²) in [5, 5.41) is 0. The van der Waals surface area contributed by atoms with Crippen LogP contribution in [0.1, 0.15) is 57.8 Å². The van der Waals surface area contributed by atoms with E-state index in [1.54, 1.807) is 0 Å². The molecule has 0 radical (unpaired) electrons. The Morgan fingerprint density at radius 1 is 0.933 bits per heavy atom. The Balaban J connectivity index is 1.41. The maximum Gasteiger partial charge on any atom is 0.232 e. The molecule has 2 aliphatic heterocycles. The van der Waals surface area contributed by atoms with E-state index in [0.29, 0.717) is 0 Å². The van der Waals surface area contributed by atoms with Gasteiger partial charge in [-0.2, -0.15) is 0 Å². The fourth-order valence-electron chi connectivity index (χ4n) is 4.07. The van der Waals surface area contributed by atoms with Gasteiger partial charge in [-0.15, -0.1) is 0 Å². The third kappa shape index (κ3) is 1.13. The predicted octanol–water partition coefficient (Wildman–Crippen LogP) is 3.21. The van der Waals surface area contributed by atoms with Crippen LogP contribution in [0.2, 0.25) is 0 Å². The molecular formula is C13H20O2. The molecular weight excluding hydrogens is 188 g/mol. The largest absolute Gasteiger partial charge is 0.307 e. The summed E-state index contributed by atoms with van der Waals surface area (Å²) in [5.41, 5.74) is 0. The molecule has 0 amide bonds. The second kappa shape index (κ2) is 2.78. The summed E-state index contributed by atoms with van der Waals surface area (Å²) in [6.45, 7) is 0. The molecule has 2 nitrogen and oxygen atoms in total. The molecule has 84 valence electrons. The number of hydrogen-bond donors (Lipinski definition) is 0. The molecule has 1 unspecified atom stereocenters. The Morgan fingerprint density at radius 3 is 2.53 bits per heavy atom. The topological polar surface area (TPSA) is 25.1 Å². The second-order valence-corrected chi connectivity index (χ2v) is 5.95. The molecule has 0 aromatic heterocycles. The van der Waals surface area contributed by atoms with E-state index >= 15 is 0 Å². The van der Waals surface area contributed by atoms with Crippen molar-refractivity contribution in [3.8, 4) is 0 Å². The van der Waals surface area contributed by atoms with Crippen LogP contribution in [0, 0.1) is 11.8 Å². The maximum atomic E-state index is 5.77. The molecule has 0 N–H and O–H groups in total. The van der Waals surface area contributed by atoms with Crippen LogP contribution in [0.25, 0.3) is 0 Å². The molecule has 4 aliphatic rings. The molecule has 0 spiro atoms. The third-order valence-electron chi connectivity index (χ3n) is 5.02. The molecule has 2 saturated heterocycles. The molecule has 2 heteroatoms. The maximum absolute atomic E-state index is 5.77. The van der Waals surface area contributed by atoms with Crippen LogP contribution >= 0.6 is 0 Å². The van der Waals surface area contributed by atoms with Crippen molar-refractivity contribution in [2.24, 2.45) is 11.8 Å². The minimum atomic E-state index is -0.0390. The minimum Gasteiger partial charge on any atom is -0.307 e. The van der Waals surface area contributed by atoms with Gasteiger partial charge in [0.25, 0.3) is 0 Å². The summed E-state index contributed by atoms with van der Waals surface area (Å²) in [5.74, 6) is 1.63. The van der Waals surface area contributed by atoms with Crippen molar-refractivity contribution < 1.29 is 9.47 Å². The molecule has 0 aromatic carbocycles. The summed E-state index contributed by atoms with van der Waals surface area (Å²) in [7, 11) is 0. The zero-order valence-electron chi connectivity index (χ0n) is 9.34. The average Bonchev–Trinajstić information content (AvgIpc) is 3.06. The van der Waals surface area contributed by atoms with Gasteiger partial charge >= 0.3 is 0 Å². The van der Waals surface area contributed by atoms with Crippen molar-refractivity contribution in [1.29, 1.82) is 0 Å². The first kappa shape index (κ1) is 9.00. The summed E-state index contributed by atoms with van der Waals surface area (Å²) < 4.78 is 11.5. The van der Waals surface area contributed by atoms with Crippen LogP contribution in [0.4, 0.5) is 0 Å². The van der Waals surface area contributed by atoms with E-state index < -0.39 is 0 Å². The quantitative estimate of drug-likeness (QED) is 0.651. The van der Waals surface area contributed by atoms with E-state index in [1.165, 1.54) is 51.4 Å². The smallest absolute Gasteiger partial charge is 0.232 e.